The first-order valence-electron chi connectivity index (χ1n) is 6.32. The van der Waals surface area contributed by atoms with E-state index in [1.807, 2.05) is 31.2 Å². The van der Waals surface area contributed by atoms with E-state index >= 15 is 0 Å². The minimum Gasteiger partial charge on any atom is -0.388 e. The SMILES string of the molecule is Cc1ccc(C(CN)C(O)c2cccc(F)c2)cc1. The van der Waals surface area contributed by atoms with Crippen molar-refractivity contribution in [3.63, 3.8) is 0 Å². The topological polar surface area (TPSA) is 46.2 Å². The molecule has 0 heterocycles. The molecule has 2 aromatic rings. The Hall–Kier alpha value is -1.71. The first-order chi connectivity index (χ1) is 9.11. The zero-order valence-corrected chi connectivity index (χ0v) is 10.9. The molecular weight excluding hydrogens is 241 g/mol. The summed E-state index contributed by atoms with van der Waals surface area (Å²) in [6.45, 7) is 2.31. The molecule has 2 rings (SSSR count). The van der Waals surface area contributed by atoms with Gasteiger partial charge in [0, 0.05) is 12.5 Å². The molecule has 3 heteroatoms. The van der Waals surface area contributed by atoms with E-state index in [2.05, 4.69) is 0 Å². The number of aliphatic hydroxyl groups is 1. The first kappa shape index (κ1) is 13.7. The molecule has 2 unspecified atom stereocenters. The molecule has 0 aliphatic carbocycles. The van der Waals surface area contributed by atoms with Crippen molar-refractivity contribution in [3.05, 3.63) is 71.0 Å². The van der Waals surface area contributed by atoms with Crippen molar-refractivity contribution < 1.29 is 9.50 Å². The molecule has 2 atom stereocenters. The Morgan fingerprint density at radius 1 is 1.11 bits per heavy atom. The Balaban J connectivity index is 2.28. The molecule has 100 valence electrons. The zero-order valence-electron chi connectivity index (χ0n) is 10.9. The van der Waals surface area contributed by atoms with Gasteiger partial charge >= 0.3 is 0 Å². The molecule has 0 aliphatic heterocycles. The van der Waals surface area contributed by atoms with Gasteiger partial charge in [-0.15, -0.1) is 0 Å². The smallest absolute Gasteiger partial charge is 0.123 e. The molecule has 0 saturated heterocycles. The molecule has 0 aliphatic rings. The van der Waals surface area contributed by atoms with Crippen molar-refractivity contribution in [2.45, 2.75) is 18.9 Å². The van der Waals surface area contributed by atoms with Crippen LogP contribution in [0.2, 0.25) is 0 Å². The Kier molecular flexibility index (Phi) is 4.30. The Morgan fingerprint density at radius 2 is 1.79 bits per heavy atom. The van der Waals surface area contributed by atoms with Crippen LogP contribution in [0, 0.1) is 12.7 Å². The van der Waals surface area contributed by atoms with E-state index in [0.29, 0.717) is 12.1 Å². The van der Waals surface area contributed by atoms with Crippen LogP contribution in [0.4, 0.5) is 4.39 Å². The van der Waals surface area contributed by atoms with Crippen LogP contribution in [0.25, 0.3) is 0 Å². The van der Waals surface area contributed by atoms with E-state index in [-0.39, 0.29) is 11.7 Å². The van der Waals surface area contributed by atoms with Gasteiger partial charge in [-0.25, -0.2) is 4.39 Å². The summed E-state index contributed by atoms with van der Waals surface area (Å²) in [5.41, 5.74) is 8.43. The summed E-state index contributed by atoms with van der Waals surface area (Å²) in [5.74, 6) is -0.585. The van der Waals surface area contributed by atoms with E-state index in [1.54, 1.807) is 12.1 Å². The molecular formula is C16H18FNO. The maximum atomic E-state index is 13.2. The standard InChI is InChI=1S/C16H18FNO/c1-11-5-7-12(8-6-11)15(10-18)16(19)13-3-2-4-14(17)9-13/h2-9,15-16,19H,10,18H2,1H3. The molecule has 0 saturated carbocycles. The van der Waals surface area contributed by atoms with Gasteiger partial charge in [0.2, 0.25) is 0 Å². The van der Waals surface area contributed by atoms with Crippen molar-refractivity contribution in [1.82, 2.24) is 0 Å². The minimum absolute atomic E-state index is 0.234. The van der Waals surface area contributed by atoms with E-state index in [0.717, 1.165) is 11.1 Å². The van der Waals surface area contributed by atoms with Crippen LogP contribution >= 0.6 is 0 Å². The van der Waals surface area contributed by atoms with Crippen LogP contribution in [0.15, 0.2) is 48.5 Å². The Bertz CT molecular complexity index is 539. The van der Waals surface area contributed by atoms with E-state index in [1.165, 1.54) is 12.1 Å². The monoisotopic (exact) mass is 259 g/mol. The fourth-order valence-corrected chi connectivity index (χ4v) is 2.18. The third-order valence-electron chi connectivity index (χ3n) is 3.33. The minimum atomic E-state index is -0.802. The highest BCUT2D eigenvalue weighted by molar-refractivity contribution is 5.29. The van der Waals surface area contributed by atoms with E-state index in [9.17, 15) is 9.50 Å². The number of aliphatic hydroxyl groups excluding tert-OH is 1. The number of nitrogens with two attached hydrogens (primary N) is 1. The third kappa shape index (κ3) is 3.19. The number of halogens is 1. The molecule has 2 aromatic carbocycles. The van der Waals surface area contributed by atoms with Crippen LogP contribution < -0.4 is 5.73 Å². The van der Waals surface area contributed by atoms with Crippen LogP contribution in [0.1, 0.15) is 28.7 Å². The molecule has 0 spiro atoms. The number of hydrogen-bond donors (Lipinski definition) is 2. The van der Waals surface area contributed by atoms with Crippen molar-refractivity contribution in [2.75, 3.05) is 6.54 Å². The Morgan fingerprint density at radius 3 is 2.37 bits per heavy atom. The van der Waals surface area contributed by atoms with Crippen molar-refractivity contribution in [1.29, 1.82) is 0 Å². The summed E-state index contributed by atoms with van der Waals surface area (Å²) in [7, 11) is 0. The van der Waals surface area contributed by atoms with E-state index < -0.39 is 6.10 Å². The molecule has 19 heavy (non-hydrogen) atoms. The quantitative estimate of drug-likeness (QED) is 0.886. The van der Waals surface area contributed by atoms with Crippen LogP contribution in [-0.4, -0.2) is 11.7 Å². The summed E-state index contributed by atoms with van der Waals surface area (Å²) < 4.78 is 13.2. The van der Waals surface area contributed by atoms with Gasteiger partial charge in [-0.1, -0.05) is 42.0 Å². The molecule has 0 fully saturated rings. The summed E-state index contributed by atoms with van der Waals surface area (Å²) in [4.78, 5) is 0. The lowest BCUT2D eigenvalue weighted by atomic mass is 9.89. The lowest BCUT2D eigenvalue weighted by Crippen LogP contribution is -2.20. The average molecular weight is 259 g/mol. The normalized spacial score (nSPS) is 14.1. The van der Waals surface area contributed by atoms with Gasteiger partial charge in [-0.3, -0.25) is 0 Å². The van der Waals surface area contributed by atoms with Gasteiger partial charge in [-0.2, -0.15) is 0 Å². The van der Waals surface area contributed by atoms with Gasteiger partial charge < -0.3 is 10.8 Å². The van der Waals surface area contributed by atoms with Crippen LogP contribution in [-0.2, 0) is 0 Å². The van der Waals surface area contributed by atoms with Crippen LogP contribution in [0.3, 0.4) is 0 Å². The summed E-state index contributed by atoms with van der Waals surface area (Å²) >= 11 is 0. The lowest BCUT2D eigenvalue weighted by Gasteiger charge is -2.22. The molecule has 0 bridgehead atoms. The highest BCUT2D eigenvalue weighted by atomic mass is 19.1. The fourth-order valence-electron chi connectivity index (χ4n) is 2.18. The molecule has 0 radical (unpaired) electrons. The lowest BCUT2D eigenvalue weighted by molar-refractivity contribution is 0.147. The molecule has 2 nitrogen and oxygen atoms in total. The van der Waals surface area contributed by atoms with Crippen LogP contribution in [0.5, 0.6) is 0 Å². The number of hydrogen-bond acceptors (Lipinski definition) is 2. The fraction of sp³-hybridized carbons (Fsp3) is 0.250. The predicted octanol–water partition coefficient (Wildman–Crippen LogP) is 2.91. The summed E-state index contributed by atoms with van der Waals surface area (Å²) in [6, 6.07) is 13.9. The average Bonchev–Trinajstić information content (AvgIpc) is 2.41. The molecule has 0 amide bonds. The maximum Gasteiger partial charge on any atom is 0.123 e. The highest BCUT2D eigenvalue weighted by Gasteiger charge is 2.21. The second-order valence-electron chi connectivity index (χ2n) is 4.75. The highest BCUT2D eigenvalue weighted by Crippen LogP contribution is 2.30. The van der Waals surface area contributed by atoms with Gasteiger partial charge in [0.15, 0.2) is 0 Å². The first-order valence-corrected chi connectivity index (χ1v) is 6.32. The Labute approximate surface area is 112 Å². The zero-order chi connectivity index (χ0) is 13.8. The number of benzene rings is 2. The van der Waals surface area contributed by atoms with Gasteiger partial charge in [-0.05, 0) is 30.2 Å². The number of aryl methyl sites for hydroxylation is 1. The van der Waals surface area contributed by atoms with Gasteiger partial charge in [0.1, 0.15) is 5.82 Å². The van der Waals surface area contributed by atoms with Gasteiger partial charge in [0.05, 0.1) is 6.10 Å². The summed E-state index contributed by atoms with van der Waals surface area (Å²) in [6.07, 6.45) is -0.802. The van der Waals surface area contributed by atoms with Gasteiger partial charge in [0.25, 0.3) is 0 Å². The van der Waals surface area contributed by atoms with E-state index in [4.69, 9.17) is 5.73 Å². The second kappa shape index (κ2) is 5.95. The van der Waals surface area contributed by atoms with Crippen molar-refractivity contribution >= 4 is 0 Å². The molecule has 3 N–H and O–H groups in total. The predicted molar refractivity (Wildman–Crippen MR) is 74.3 cm³/mol. The van der Waals surface area contributed by atoms with Crippen molar-refractivity contribution in [3.8, 4) is 0 Å². The summed E-state index contributed by atoms with van der Waals surface area (Å²) in [5, 5.41) is 10.4. The maximum absolute atomic E-state index is 13.2. The second-order valence-corrected chi connectivity index (χ2v) is 4.75. The largest absolute Gasteiger partial charge is 0.388 e. The third-order valence-corrected chi connectivity index (χ3v) is 3.33. The van der Waals surface area contributed by atoms with Crippen molar-refractivity contribution in [2.24, 2.45) is 5.73 Å². The molecule has 0 aromatic heterocycles. The number of rotatable bonds is 4.